The first-order valence-electron chi connectivity index (χ1n) is 5.45. The highest BCUT2D eigenvalue weighted by Crippen LogP contribution is 2.02. The van der Waals surface area contributed by atoms with Gasteiger partial charge in [-0.1, -0.05) is 60.2 Å². The number of aliphatic imine (C=N–C) groups is 1. The fourth-order valence-corrected chi connectivity index (χ4v) is 1.49. The van der Waals surface area contributed by atoms with E-state index in [1.165, 1.54) is 11.1 Å². The zero-order valence-corrected chi connectivity index (χ0v) is 9.43. The molecule has 0 saturated carbocycles. The Morgan fingerprint density at radius 2 is 1.62 bits per heavy atom. The Bertz CT molecular complexity index is 455. The molecule has 1 nitrogen and oxygen atoms in total. The summed E-state index contributed by atoms with van der Waals surface area (Å²) in [6.45, 7) is 2.83. The smallest absolute Gasteiger partial charge is 0.0639 e. The first kappa shape index (κ1) is 10.6. The molecule has 1 heteroatoms. The Balaban J connectivity index is 1.98. The molecule has 0 heterocycles. The molecular weight excluding hydrogens is 194 g/mol. The topological polar surface area (TPSA) is 12.4 Å². The Hall–Kier alpha value is -1.89. The van der Waals surface area contributed by atoms with Crippen LogP contribution in [0.2, 0.25) is 0 Å². The number of rotatable bonds is 3. The van der Waals surface area contributed by atoms with Crippen molar-refractivity contribution in [3.63, 3.8) is 0 Å². The molecule has 0 saturated heterocycles. The van der Waals surface area contributed by atoms with Gasteiger partial charge < -0.3 is 0 Å². The number of hydrogen-bond acceptors (Lipinski definition) is 1. The second kappa shape index (κ2) is 5.26. The van der Waals surface area contributed by atoms with Gasteiger partial charge in [-0.25, -0.2) is 0 Å². The molecule has 0 aromatic heterocycles. The molecule has 0 aliphatic rings. The van der Waals surface area contributed by atoms with E-state index in [0.717, 1.165) is 12.1 Å². The van der Waals surface area contributed by atoms with Crippen LogP contribution in [-0.2, 0) is 6.54 Å². The van der Waals surface area contributed by atoms with Crippen molar-refractivity contribution in [3.05, 3.63) is 71.3 Å². The molecule has 0 aliphatic carbocycles. The first-order chi connectivity index (χ1) is 7.84. The van der Waals surface area contributed by atoms with Gasteiger partial charge >= 0.3 is 0 Å². The van der Waals surface area contributed by atoms with Crippen LogP contribution in [0.1, 0.15) is 16.7 Å². The first-order valence-corrected chi connectivity index (χ1v) is 5.45. The minimum Gasteiger partial charge on any atom is -0.288 e. The Kier molecular flexibility index (Phi) is 3.50. The fraction of sp³-hybridized carbons (Fsp3) is 0.133. The van der Waals surface area contributed by atoms with Crippen molar-refractivity contribution in [2.75, 3.05) is 0 Å². The summed E-state index contributed by atoms with van der Waals surface area (Å²) in [7, 11) is 0. The highest BCUT2D eigenvalue weighted by Gasteiger charge is 1.88. The summed E-state index contributed by atoms with van der Waals surface area (Å²) in [5.74, 6) is 0. The third-order valence-corrected chi connectivity index (χ3v) is 2.43. The molecule has 0 fully saturated rings. The van der Waals surface area contributed by atoms with Gasteiger partial charge in [0.1, 0.15) is 0 Å². The predicted molar refractivity (Wildman–Crippen MR) is 68.9 cm³/mol. The van der Waals surface area contributed by atoms with E-state index in [4.69, 9.17) is 0 Å². The van der Waals surface area contributed by atoms with Crippen molar-refractivity contribution in [2.24, 2.45) is 4.99 Å². The van der Waals surface area contributed by atoms with Crippen LogP contribution < -0.4 is 0 Å². The molecule has 0 unspecified atom stereocenters. The third-order valence-electron chi connectivity index (χ3n) is 2.43. The summed E-state index contributed by atoms with van der Waals surface area (Å²) < 4.78 is 0. The number of benzene rings is 2. The van der Waals surface area contributed by atoms with Crippen LogP contribution in [0.4, 0.5) is 0 Å². The van der Waals surface area contributed by atoms with Gasteiger partial charge in [-0.3, -0.25) is 4.99 Å². The number of hydrogen-bond donors (Lipinski definition) is 0. The lowest BCUT2D eigenvalue weighted by Crippen LogP contribution is -1.84. The lowest BCUT2D eigenvalue weighted by atomic mass is 10.2. The van der Waals surface area contributed by atoms with Gasteiger partial charge in [-0.2, -0.15) is 0 Å². The van der Waals surface area contributed by atoms with Crippen molar-refractivity contribution >= 4 is 6.21 Å². The Morgan fingerprint density at radius 3 is 2.31 bits per heavy atom. The van der Waals surface area contributed by atoms with E-state index < -0.39 is 0 Å². The highest BCUT2D eigenvalue weighted by atomic mass is 14.7. The van der Waals surface area contributed by atoms with E-state index in [2.05, 4.69) is 48.3 Å². The van der Waals surface area contributed by atoms with Crippen LogP contribution in [0.5, 0.6) is 0 Å². The Labute approximate surface area is 96.5 Å². The quantitative estimate of drug-likeness (QED) is 0.685. The van der Waals surface area contributed by atoms with Crippen LogP contribution in [0, 0.1) is 6.92 Å². The van der Waals surface area contributed by atoms with E-state index in [9.17, 15) is 0 Å². The summed E-state index contributed by atoms with van der Waals surface area (Å²) >= 11 is 0. The van der Waals surface area contributed by atoms with Crippen molar-refractivity contribution in [2.45, 2.75) is 13.5 Å². The molecule has 2 aromatic carbocycles. The molecule has 0 bridgehead atoms. The van der Waals surface area contributed by atoms with E-state index in [-0.39, 0.29) is 0 Å². The average molecular weight is 209 g/mol. The molecule has 0 atom stereocenters. The van der Waals surface area contributed by atoms with Crippen LogP contribution in [0.3, 0.4) is 0 Å². The SMILES string of the molecule is Cc1ccc(C=NCc2ccccc2)cc1. The maximum absolute atomic E-state index is 4.42. The lowest BCUT2D eigenvalue weighted by Gasteiger charge is -1.96. The zero-order valence-electron chi connectivity index (χ0n) is 9.43. The minimum atomic E-state index is 0.745. The Morgan fingerprint density at radius 1 is 0.938 bits per heavy atom. The van der Waals surface area contributed by atoms with Gasteiger partial charge in [0.25, 0.3) is 0 Å². The minimum absolute atomic E-state index is 0.745. The molecule has 80 valence electrons. The zero-order chi connectivity index (χ0) is 11.2. The van der Waals surface area contributed by atoms with Gasteiger partial charge in [0.2, 0.25) is 0 Å². The van der Waals surface area contributed by atoms with Gasteiger partial charge in [0, 0.05) is 6.21 Å². The summed E-state index contributed by atoms with van der Waals surface area (Å²) in [5.41, 5.74) is 3.67. The van der Waals surface area contributed by atoms with E-state index >= 15 is 0 Å². The van der Waals surface area contributed by atoms with Crippen molar-refractivity contribution in [1.82, 2.24) is 0 Å². The molecule has 0 radical (unpaired) electrons. The van der Waals surface area contributed by atoms with Crippen LogP contribution >= 0.6 is 0 Å². The van der Waals surface area contributed by atoms with Gasteiger partial charge in [0.05, 0.1) is 6.54 Å². The van der Waals surface area contributed by atoms with Gasteiger partial charge in [0.15, 0.2) is 0 Å². The lowest BCUT2D eigenvalue weighted by molar-refractivity contribution is 1.08. The fourth-order valence-electron chi connectivity index (χ4n) is 1.49. The van der Waals surface area contributed by atoms with E-state index in [1.807, 2.05) is 24.4 Å². The molecule has 0 amide bonds. The summed E-state index contributed by atoms with van der Waals surface area (Å²) in [6, 6.07) is 18.7. The summed E-state index contributed by atoms with van der Waals surface area (Å²) in [6.07, 6.45) is 1.92. The molecule has 0 N–H and O–H groups in total. The largest absolute Gasteiger partial charge is 0.288 e. The maximum atomic E-state index is 4.42. The predicted octanol–water partition coefficient (Wildman–Crippen LogP) is 3.61. The number of nitrogens with zero attached hydrogens (tertiary/aromatic N) is 1. The van der Waals surface area contributed by atoms with E-state index in [1.54, 1.807) is 0 Å². The van der Waals surface area contributed by atoms with Gasteiger partial charge in [-0.05, 0) is 18.1 Å². The average Bonchev–Trinajstić information content (AvgIpc) is 2.33. The normalized spacial score (nSPS) is 10.8. The van der Waals surface area contributed by atoms with Crippen molar-refractivity contribution in [3.8, 4) is 0 Å². The molecular formula is C15H15N. The third kappa shape index (κ3) is 3.06. The van der Waals surface area contributed by atoms with Crippen molar-refractivity contribution < 1.29 is 0 Å². The second-order valence-corrected chi connectivity index (χ2v) is 3.87. The molecule has 2 rings (SSSR count). The van der Waals surface area contributed by atoms with E-state index in [0.29, 0.717) is 0 Å². The van der Waals surface area contributed by atoms with Crippen molar-refractivity contribution in [1.29, 1.82) is 0 Å². The molecule has 0 spiro atoms. The summed E-state index contributed by atoms with van der Waals surface area (Å²) in [4.78, 5) is 4.42. The highest BCUT2D eigenvalue weighted by molar-refractivity contribution is 5.79. The molecule has 2 aromatic rings. The van der Waals surface area contributed by atoms with Crippen LogP contribution in [0.15, 0.2) is 59.6 Å². The molecule has 0 aliphatic heterocycles. The second-order valence-electron chi connectivity index (χ2n) is 3.87. The summed E-state index contributed by atoms with van der Waals surface area (Å²) in [5, 5.41) is 0. The standard InChI is InChI=1S/C15H15N/c1-13-7-9-15(10-8-13)12-16-11-14-5-3-2-4-6-14/h2-10,12H,11H2,1H3. The monoisotopic (exact) mass is 209 g/mol. The van der Waals surface area contributed by atoms with Crippen LogP contribution in [-0.4, -0.2) is 6.21 Å². The molecule has 16 heavy (non-hydrogen) atoms. The van der Waals surface area contributed by atoms with Crippen LogP contribution in [0.25, 0.3) is 0 Å². The maximum Gasteiger partial charge on any atom is 0.0639 e. The van der Waals surface area contributed by atoms with Gasteiger partial charge in [-0.15, -0.1) is 0 Å². The number of aryl methyl sites for hydroxylation is 1.